The van der Waals surface area contributed by atoms with Crippen molar-refractivity contribution in [1.82, 2.24) is 4.98 Å². The molecule has 3 heteroatoms. The number of rotatable bonds is 2. The largest absolute Gasteiger partial charge is 0.328 e. The highest BCUT2D eigenvalue weighted by molar-refractivity contribution is 7.99. The fourth-order valence-corrected chi connectivity index (χ4v) is 1.11. The number of anilines is 1. The lowest BCUT2D eigenvalue weighted by Crippen LogP contribution is -1.88. The molecule has 0 aliphatic rings. The molecule has 54 valence electrons. The zero-order valence-electron chi connectivity index (χ0n) is 6.09. The van der Waals surface area contributed by atoms with Gasteiger partial charge < -0.3 is 4.72 Å². The number of hydrogen-bond acceptors (Lipinski definition) is 3. The fraction of sp³-hybridized carbons (Fsp3) is 0.286. The van der Waals surface area contributed by atoms with Crippen LogP contribution in [0.3, 0.4) is 0 Å². The molecule has 2 nitrogen and oxygen atoms in total. The van der Waals surface area contributed by atoms with Crippen LogP contribution in [-0.2, 0) is 0 Å². The Morgan fingerprint density at radius 3 is 3.00 bits per heavy atom. The van der Waals surface area contributed by atoms with Crippen LogP contribution in [0.2, 0.25) is 0 Å². The Morgan fingerprint density at radius 1 is 1.60 bits per heavy atom. The highest BCUT2D eigenvalue weighted by Gasteiger charge is 1.92. The van der Waals surface area contributed by atoms with Crippen molar-refractivity contribution in [2.24, 2.45) is 0 Å². The summed E-state index contributed by atoms with van der Waals surface area (Å²) in [5, 5.41) is 0. The average molecular weight is 154 g/mol. The summed E-state index contributed by atoms with van der Waals surface area (Å²) in [4.78, 5) is 3.99. The molecule has 1 heterocycles. The van der Waals surface area contributed by atoms with E-state index in [0.717, 1.165) is 5.69 Å². The Bertz CT molecular complexity index is 213. The Balaban J connectivity index is 2.81. The predicted octanol–water partition coefficient (Wildman–Crippen LogP) is 2.08. The van der Waals surface area contributed by atoms with Crippen LogP contribution in [0.1, 0.15) is 5.56 Å². The first-order valence-corrected chi connectivity index (χ1v) is 4.26. The van der Waals surface area contributed by atoms with Crippen molar-refractivity contribution < 1.29 is 0 Å². The van der Waals surface area contributed by atoms with Gasteiger partial charge in [0, 0.05) is 12.5 Å². The van der Waals surface area contributed by atoms with Crippen molar-refractivity contribution in [3.05, 3.63) is 24.0 Å². The first-order valence-electron chi connectivity index (χ1n) is 3.04. The second-order valence-electron chi connectivity index (χ2n) is 2.00. The van der Waals surface area contributed by atoms with Gasteiger partial charge in [0.1, 0.15) is 0 Å². The molecule has 0 fully saturated rings. The summed E-state index contributed by atoms with van der Waals surface area (Å²) >= 11 is 1.58. The quantitative estimate of drug-likeness (QED) is 0.660. The molecule has 1 N–H and O–H groups in total. The van der Waals surface area contributed by atoms with Gasteiger partial charge in [0.25, 0.3) is 0 Å². The van der Waals surface area contributed by atoms with Crippen molar-refractivity contribution in [2.75, 3.05) is 11.0 Å². The van der Waals surface area contributed by atoms with Gasteiger partial charge in [0.15, 0.2) is 0 Å². The highest BCUT2D eigenvalue weighted by Crippen LogP contribution is 2.13. The molecule has 1 aromatic rings. The van der Waals surface area contributed by atoms with Crippen LogP contribution in [0, 0.1) is 6.92 Å². The molecule has 0 spiro atoms. The number of pyridine rings is 1. The lowest BCUT2D eigenvalue weighted by atomic mass is 10.3. The van der Waals surface area contributed by atoms with Crippen LogP contribution in [-0.4, -0.2) is 11.2 Å². The summed E-state index contributed by atoms with van der Waals surface area (Å²) < 4.78 is 3.13. The SMILES string of the molecule is CSNc1cnccc1C. The lowest BCUT2D eigenvalue weighted by Gasteiger charge is -2.03. The maximum atomic E-state index is 3.99. The molecular formula is C7H10N2S. The first kappa shape index (κ1) is 7.41. The second-order valence-corrected chi connectivity index (χ2v) is 2.61. The maximum absolute atomic E-state index is 3.99. The summed E-state index contributed by atoms with van der Waals surface area (Å²) in [7, 11) is 0. The van der Waals surface area contributed by atoms with E-state index in [2.05, 4.69) is 16.6 Å². The number of nitrogens with zero attached hydrogens (tertiary/aromatic N) is 1. The summed E-state index contributed by atoms with van der Waals surface area (Å²) in [6, 6.07) is 1.98. The Labute approximate surface area is 65.2 Å². The third kappa shape index (κ3) is 1.64. The van der Waals surface area contributed by atoms with Crippen LogP contribution in [0.25, 0.3) is 0 Å². The van der Waals surface area contributed by atoms with E-state index in [4.69, 9.17) is 0 Å². The molecular weight excluding hydrogens is 144 g/mol. The van der Waals surface area contributed by atoms with Crippen molar-refractivity contribution in [3.63, 3.8) is 0 Å². The third-order valence-corrected chi connectivity index (χ3v) is 1.68. The molecule has 10 heavy (non-hydrogen) atoms. The fourth-order valence-electron chi connectivity index (χ4n) is 0.681. The Kier molecular flexibility index (Phi) is 2.57. The molecule has 0 saturated carbocycles. The minimum absolute atomic E-state index is 1.09. The van der Waals surface area contributed by atoms with Crippen LogP contribution in [0.15, 0.2) is 18.5 Å². The molecule has 0 amide bonds. The monoisotopic (exact) mass is 154 g/mol. The normalized spacial score (nSPS) is 9.40. The third-order valence-electron chi connectivity index (χ3n) is 1.25. The lowest BCUT2D eigenvalue weighted by molar-refractivity contribution is 1.29. The molecule has 1 rings (SSSR count). The van der Waals surface area contributed by atoms with Crippen LogP contribution in [0.4, 0.5) is 5.69 Å². The summed E-state index contributed by atoms with van der Waals surface area (Å²) in [6.45, 7) is 2.06. The minimum Gasteiger partial charge on any atom is -0.328 e. The van der Waals surface area contributed by atoms with E-state index in [1.807, 2.05) is 18.5 Å². The van der Waals surface area contributed by atoms with Crippen LogP contribution >= 0.6 is 11.9 Å². The molecule has 0 aliphatic heterocycles. The predicted molar refractivity (Wildman–Crippen MR) is 46.1 cm³/mol. The summed E-state index contributed by atoms with van der Waals surface area (Å²) in [6.07, 6.45) is 5.61. The van der Waals surface area contributed by atoms with Gasteiger partial charge in [-0.1, -0.05) is 11.9 Å². The smallest absolute Gasteiger partial charge is 0.0655 e. The molecule has 0 unspecified atom stereocenters. The average Bonchev–Trinajstić information content (AvgIpc) is 1.94. The molecule has 0 atom stereocenters. The number of hydrogen-bond donors (Lipinski definition) is 1. The zero-order valence-corrected chi connectivity index (χ0v) is 6.90. The van der Waals surface area contributed by atoms with Crippen molar-refractivity contribution in [2.45, 2.75) is 6.92 Å². The van der Waals surface area contributed by atoms with Gasteiger partial charge in [0.2, 0.25) is 0 Å². The van der Waals surface area contributed by atoms with Gasteiger partial charge in [-0.15, -0.1) is 0 Å². The molecule has 0 radical (unpaired) electrons. The van der Waals surface area contributed by atoms with E-state index in [1.165, 1.54) is 5.56 Å². The minimum atomic E-state index is 1.09. The Morgan fingerprint density at radius 2 is 2.40 bits per heavy atom. The Hall–Kier alpha value is -0.700. The van der Waals surface area contributed by atoms with Crippen molar-refractivity contribution in [3.8, 4) is 0 Å². The molecule has 0 aromatic carbocycles. The van der Waals surface area contributed by atoms with E-state index < -0.39 is 0 Å². The highest BCUT2D eigenvalue weighted by atomic mass is 32.2. The van der Waals surface area contributed by atoms with Crippen LogP contribution in [0.5, 0.6) is 0 Å². The topological polar surface area (TPSA) is 24.9 Å². The van der Waals surface area contributed by atoms with Gasteiger partial charge in [-0.2, -0.15) is 0 Å². The van der Waals surface area contributed by atoms with Gasteiger partial charge in [-0.3, -0.25) is 4.98 Å². The van der Waals surface area contributed by atoms with Crippen molar-refractivity contribution in [1.29, 1.82) is 0 Å². The number of aryl methyl sites for hydroxylation is 1. The van der Waals surface area contributed by atoms with E-state index in [9.17, 15) is 0 Å². The van der Waals surface area contributed by atoms with E-state index in [0.29, 0.717) is 0 Å². The van der Waals surface area contributed by atoms with Gasteiger partial charge in [-0.05, 0) is 18.6 Å². The first-order chi connectivity index (χ1) is 4.84. The van der Waals surface area contributed by atoms with E-state index in [1.54, 1.807) is 18.1 Å². The van der Waals surface area contributed by atoms with Crippen molar-refractivity contribution >= 4 is 17.6 Å². The second kappa shape index (κ2) is 3.46. The van der Waals surface area contributed by atoms with Gasteiger partial charge >= 0.3 is 0 Å². The zero-order chi connectivity index (χ0) is 7.40. The molecule has 0 bridgehead atoms. The molecule has 0 aliphatic carbocycles. The van der Waals surface area contributed by atoms with Gasteiger partial charge in [-0.25, -0.2) is 0 Å². The molecule has 0 saturated heterocycles. The molecule has 1 aromatic heterocycles. The van der Waals surface area contributed by atoms with Gasteiger partial charge in [0.05, 0.1) is 11.9 Å². The summed E-state index contributed by atoms with van der Waals surface area (Å²) in [5.74, 6) is 0. The van der Waals surface area contributed by atoms with E-state index >= 15 is 0 Å². The standard InChI is InChI=1S/C7H10N2S/c1-6-3-4-8-5-7(6)9-10-2/h3-5,9H,1-2H3. The summed E-state index contributed by atoms with van der Waals surface area (Å²) in [5.41, 5.74) is 2.32. The van der Waals surface area contributed by atoms with Crippen LogP contribution < -0.4 is 4.72 Å². The van der Waals surface area contributed by atoms with E-state index in [-0.39, 0.29) is 0 Å². The number of nitrogens with one attached hydrogen (secondary N) is 1. The number of aromatic nitrogens is 1. The maximum Gasteiger partial charge on any atom is 0.0655 e.